The lowest BCUT2D eigenvalue weighted by atomic mass is 9.61. The lowest BCUT2D eigenvalue weighted by Gasteiger charge is -2.45. The Balaban J connectivity index is 0.000000111. The number of rotatable bonds is 25. The number of pyridine rings is 1. The molecule has 16 aliphatic rings. The Morgan fingerprint density at radius 1 is 0.307 bits per heavy atom. The molecule has 24 rings (SSSR count). The standard InChI is InChI=1S/C30H37N3O3.C30H37N3O2.C29H36N4O2.C29H35N3O2/c1-35-24-12-14-29(15-13-24)18-23-11-10-21(9-8-20-6-7-20)17-26(23)30(29)27(34)33(28(31)32-30)19-22-4-3-5-25(16-22)36-2;1-20-3-5-23(6-4-20)19-33-27(34)30(32-28(33)31)26-17-22(10-9-21-7-8-21)11-12-24(26)18-29(30)15-13-25(35-2)14-16-29;1-19-3-10-23(31-17-19)18-33-26(34)29(32-27(33)30)25-15-21(7-6-20-4-5-20)8-9-22(25)16-28(29)13-11-24(35-2)12-14-28;1-34-24-13-15-28(16-14-24)18-23-12-11-21(10-9-20-7-8-20)17-25(23)29(28)26(33)32(27(30)31-29)19-22-5-3-2-4-6-22/h3-5,10-11,16-17,20,24H,6-9,12-15,18-19H2,1-2H3,(H2,31,32);3-6,11-12,17,21,25H,7-10,13-16,18-19H2,1-2H3,(H2,31,32);3,8-10,15,17,20,24H,4-7,11-14,16,18H2,1-2H3,(H2,30,32);2-6,11-12,17,20,24H,7-10,13-16,18-19H2,1H3,(H2,30,31). The third-order valence-electron chi connectivity index (χ3n) is 36.4. The van der Waals surface area contributed by atoms with Crippen molar-refractivity contribution in [2.75, 3.05) is 35.5 Å². The highest BCUT2D eigenvalue weighted by Crippen LogP contribution is 2.68. The molecule has 736 valence electrons. The smallest absolute Gasteiger partial charge is 0.262 e. The summed E-state index contributed by atoms with van der Waals surface area (Å²) in [6, 6.07) is 57.6. The first kappa shape index (κ1) is 95.3. The number of guanidine groups is 4. The Kier molecular flexibility index (Phi) is 26.1. The van der Waals surface area contributed by atoms with E-state index in [9.17, 15) is 19.2 Å². The van der Waals surface area contributed by atoms with Crippen LogP contribution in [0, 0.1) is 59.2 Å². The Morgan fingerprint density at radius 3 is 0.886 bits per heavy atom. The maximum absolute atomic E-state index is 14.5. The molecule has 7 aromatic carbocycles. The third kappa shape index (κ3) is 17.4. The maximum atomic E-state index is 14.5. The van der Waals surface area contributed by atoms with E-state index in [-0.39, 0.29) is 69.7 Å². The van der Waals surface area contributed by atoms with Crippen LogP contribution in [0.4, 0.5) is 0 Å². The van der Waals surface area contributed by atoms with Crippen LogP contribution in [0.3, 0.4) is 0 Å². The average Bonchev–Trinajstić information content (AvgIpc) is 1.54. The number of nitrogens with two attached hydrogens (primary N) is 4. The summed E-state index contributed by atoms with van der Waals surface area (Å²) in [6.45, 7) is 5.75. The van der Waals surface area contributed by atoms with Gasteiger partial charge in [-0.05, 0) is 325 Å². The number of methoxy groups -OCH3 is 5. The van der Waals surface area contributed by atoms with Gasteiger partial charge in [-0.2, -0.15) is 0 Å². The van der Waals surface area contributed by atoms with Crippen molar-refractivity contribution in [3.63, 3.8) is 0 Å². The normalized spacial score (nSPS) is 29.7. The van der Waals surface area contributed by atoms with Crippen LogP contribution in [0.1, 0.15) is 280 Å². The van der Waals surface area contributed by atoms with Gasteiger partial charge in [0.05, 0.1) is 63.4 Å². The molecule has 4 atom stereocenters. The van der Waals surface area contributed by atoms with Crippen LogP contribution in [0.2, 0.25) is 0 Å². The summed E-state index contributed by atoms with van der Waals surface area (Å²) in [5, 5.41) is 0. The van der Waals surface area contributed by atoms with Crippen molar-refractivity contribution in [1.82, 2.24) is 24.6 Å². The van der Waals surface area contributed by atoms with Crippen LogP contribution in [-0.4, -0.2) is 132 Å². The SMILES string of the molecule is COC1CCC2(CC1)Cc1ccc(CCC3CC3)cc1C21N=C(N)N(Cc2ccc(C)cc2)C1=O.COC1CCC2(CC1)Cc1ccc(CCC3CC3)cc1C21N=C(N)N(Cc2ccc(C)cn2)C1=O.COC1CCC2(CC1)Cc1ccc(CCC3CC3)cc1C21N=C(N)N(Cc2ccccc2)C1=O.COc1cccc(CN2C(=O)C3(N=C2N)c2cc(CCC4CC4)ccc2CC32CCC(OC)CC2)c1. The van der Waals surface area contributed by atoms with Crippen molar-refractivity contribution in [3.8, 4) is 5.75 Å². The van der Waals surface area contributed by atoms with Crippen LogP contribution >= 0.6 is 0 Å². The zero-order valence-corrected chi connectivity index (χ0v) is 83.6. The maximum Gasteiger partial charge on any atom is 0.262 e. The molecule has 5 heterocycles. The summed E-state index contributed by atoms with van der Waals surface area (Å²) in [5.74, 6) is 5.84. The van der Waals surface area contributed by atoms with E-state index in [4.69, 9.17) is 66.6 Å². The summed E-state index contributed by atoms with van der Waals surface area (Å²) in [7, 11) is 8.84. The molecule has 4 amide bonds. The summed E-state index contributed by atoms with van der Waals surface area (Å²) >= 11 is 0. The fourth-order valence-electron chi connectivity index (χ4n) is 27.3. The minimum Gasteiger partial charge on any atom is -0.497 e. The summed E-state index contributed by atoms with van der Waals surface area (Å²) < 4.78 is 28.2. The van der Waals surface area contributed by atoms with Gasteiger partial charge in [-0.25, -0.2) is 20.0 Å². The fraction of sp³-hybridized carbons (Fsp3) is 0.534. The van der Waals surface area contributed by atoms with Crippen LogP contribution in [-0.2, 0) is 138 Å². The van der Waals surface area contributed by atoms with Crippen LogP contribution in [0.5, 0.6) is 5.75 Å². The Labute approximate surface area is 827 Å². The van der Waals surface area contributed by atoms with E-state index in [0.29, 0.717) is 50.0 Å². The van der Waals surface area contributed by atoms with Gasteiger partial charge in [0.1, 0.15) is 5.75 Å². The highest BCUT2D eigenvalue weighted by atomic mass is 16.5. The third-order valence-corrected chi connectivity index (χ3v) is 36.4. The van der Waals surface area contributed by atoms with Crippen molar-refractivity contribution in [1.29, 1.82) is 0 Å². The molecule has 140 heavy (non-hydrogen) atoms. The van der Waals surface area contributed by atoms with Crippen LogP contribution < -0.4 is 27.7 Å². The second-order valence-electron chi connectivity index (χ2n) is 44.9. The molecule has 4 unspecified atom stereocenters. The quantitative estimate of drug-likeness (QED) is 0.0414. The number of hydrogen-bond donors (Lipinski definition) is 4. The number of aryl methyl sites for hydroxylation is 6. The van der Waals surface area contributed by atoms with Gasteiger partial charge >= 0.3 is 0 Å². The zero-order valence-electron chi connectivity index (χ0n) is 83.6. The van der Waals surface area contributed by atoms with E-state index in [1.165, 1.54) is 127 Å². The van der Waals surface area contributed by atoms with E-state index in [0.717, 1.165) is 234 Å². The van der Waals surface area contributed by atoms with Gasteiger partial charge in [0, 0.05) is 56.3 Å². The number of benzene rings is 7. The molecule has 8 fully saturated rings. The number of fused-ring (bicyclic) bond motifs is 12. The fourth-order valence-corrected chi connectivity index (χ4v) is 27.3. The van der Waals surface area contributed by atoms with Crippen molar-refractivity contribution >= 4 is 47.5 Å². The summed E-state index contributed by atoms with van der Waals surface area (Å²) in [4.78, 5) is 89.8. The van der Waals surface area contributed by atoms with Gasteiger partial charge in [0.15, 0.2) is 46.0 Å². The number of nitrogens with zero attached hydrogens (tertiary/aromatic N) is 9. The predicted molar refractivity (Wildman–Crippen MR) is 547 cm³/mol. The second-order valence-corrected chi connectivity index (χ2v) is 44.9. The molecule has 8 aromatic rings. The van der Waals surface area contributed by atoms with Gasteiger partial charge in [-0.15, -0.1) is 0 Å². The molecule has 0 radical (unpaired) electrons. The lowest BCUT2D eigenvalue weighted by Crippen LogP contribution is -2.52. The Hall–Kier alpha value is -10.9. The number of hydrogen-bond acceptors (Lipinski definition) is 18. The van der Waals surface area contributed by atoms with E-state index in [2.05, 4.69) is 109 Å². The second kappa shape index (κ2) is 38.4. The summed E-state index contributed by atoms with van der Waals surface area (Å²) in [5.41, 5.74) is 42.6. The van der Waals surface area contributed by atoms with Crippen molar-refractivity contribution in [3.05, 3.63) is 270 Å². The average molecular weight is 1890 g/mol. The predicted octanol–water partition coefficient (Wildman–Crippen LogP) is 18.9. The first-order valence-electron chi connectivity index (χ1n) is 52.8. The van der Waals surface area contributed by atoms with Crippen LogP contribution in [0.25, 0.3) is 0 Å². The largest absolute Gasteiger partial charge is 0.497 e. The molecule has 8 spiro atoms. The van der Waals surface area contributed by atoms with E-state index < -0.39 is 22.2 Å². The van der Waals surface area contributed by atoms with Gasteiger partial charge in [0.2, 0.25) is 0 Å². The van der Waals surface area contributed by atoms with Crippen molar-refractivity contribution < 1.29 is 42.9 Å². The molecule has 0 bridgehead atoms. The Bertz CT molecular complexity index is 5920. The molecule has 0 saturated heterocycles. The molecular formula is C118H145N13O9. The number of aromatic nitrogens is 1. The van der Waals surface area contributed by atoms with Gasteiger partial charge in [-0.1, -0.05) is 203 Å². The first-order chi connectivity index (χ1) is 67.9. The minimum atomic E-state index is -0.945. The monoisotopic (exact) mass is 1890 g/mol. The molecule has 1 aromatic heterocycles. The highest BCUT2D eigenvalue weighted by molar-refractivity contribution is 6.11. The zero-order chi connectivity index (χ0) is 96.7. The number of amides is 4. The molecule has 22 nitrogen and oxygen atoms in total. The highest BCUT2D eigenvalue weighted by Gasteiger charge is 2.72. The van der Waals surface area contributed by atoms with Crippen molar-refractivity contribution in [2.45, 2.75) is 318 Å². The van der Waals surface area contributed by atoms with Crippen molar-refractivity contribution in [2.24, 2.45) is 88.2 Å². The minimum absolute atomic E-state index is 0.0198. The van der Waals surface area contributed by atoms with Gasteiger partial charge in [0.25, 0.3) is 23.6 Å². The van der Waals surface area contributed by atoms with E-state index >= 15 is 0 Å². The molecule has 12 aliphatic carbocycles. The van der Waals surface area contributed by atoms with Crippen LogP contribution in [0.15, 0.2) is 190 Å². The summed E-state index contributed by atoms with van der Waals surface area (Å²) in [6.07, 6.45) is 41.5. The molecule has 8 saturated carbocycles. The van der Waals surface area contributed by atoms with E-state index in [1.54, 1.807) is 55.1 Å². The number of carbonyl (C=O) groups is 4. The van der Waals surface area contributed by atoms with Gasteiger partial charge < -0.3 is 46.6 Å². The van der Waals surface area contributed by atoms with E-state index in [1.807, 2.05) is 79.9 Å². The number of ether oxygens (including phenoxy) is 5. The first-order valence-corrected chi connectivity index (χ1v) is 52.8. The number of carbonyl (C=O) groups excluding carboxylic acids is 4. The topological polar surface area (TPSA) is 294 Å². The molecular weight excluding hydrogens is 1740 g/mol. The number of aliphatic imine (C=N–C) groups is 4. The lowest BCUT2D eigenvalue weighted by molar-refractivity contribution is -0.139. The van der Waals surface area contributed by atoms with Gasteiger partial charge in [-0.3, -0.25) is 43.8 Å². The molecule has 22 heteroatoms. The molecule has 4 aliphatic heterocycles. The molecule has 8 N–H and O–H groups in total. The Morgan fingerprint density at radius 2 is 0.593 bits per heavy atom.